The Labute approximate surface area is 185 Å². The number of hydrogen-bond acceptors (Lipinski definition) is 5. The number of carbonyl (C=O) groups excluding carboxylic acids is 1. The molecule has 1 amide bonds. The number of benzene rings is 3. The van der Waals surface area contributed by atoms with E-state index in [1.165, 1.54) is 0 Å². The molecule has 0 saturated heterocycles. The van der Waals surface area contributed by atoms with Gasteiger partial charge in [-0.1, -0.05) is 54.6 Å². The number of ether oxygens (including phenoxy) is 1. The van der Waals surface area contributed by atoms with Crippen LogP contribution in [0.5, 0.6) is 5.75 Å². The number of carbonyl (C=O) groups is 1. The highest BCUT2D eigenvalue weighted by molar-refractivity contribution is 6.00. The van der Waals surface area contributed by atoms with E-state index in [0.29, 0.717) is 23.7 Å². The molecule has 32 heavy (non-hydrogen) atoms. The smallest absolute Gasteiger partial charge is 0.270 e. The number of fused-ring (bicyclic) bond motifs is 1. The van der Waals surface area contributed by atoms with Crippen molar-refractivity contribution in [2.75, 3.05) is 12.3 Å². The number of aromatic amines is 1. The first kappa shape index (κ1) is 19.8. The molecule has 2 heterocycles. The van der Waals surface area contributed by atoms with Crippen molar-refractivity contribution in [2.24, 2.45) is 5.73 Å². The Balaban J connectivity index is 1.41. The van der Waals surface area contributed by atoms with Crippen molar-refractivity contribution in [3.63, 3.8) is 0 Å². The first-order valence-corrected chi connectivity index (χ1v) is 10.4. The Kier molecular flexibility index (Phi) is 5.09. The minimum atomic E-state index is -0.305. The first-order chi connectivity index (χ1) is 15.6. The Morgan fingerprint density at radius 2 is 1.78 bits per heavy atom. The topological polar surface area (TPSA) is 119 Å². The number of hydrogen-bond donors (Lipinski definition) is 4. The SMILES string of the molecule is NCC(Oc1ccc(C2NC(=O)c3[nH]nc(-c4ccccc4)c32)cc1)c1cccc(N)c1. The van der Waals surface area contributed by atoms with E-state index in [-0.39, 0.29) is 18.1 Å². The molecular weight excluding hydrogens is 402 g/mol. The van der Waals surface area contributed by atoms with Crippen molar-refractivity contribution in [3.8, 4) is 17.0 Å². The summed E-state index contributed by atoms with van der Waals surface area (Å²) in [7, 11) is 0. The van der Waals surface area contributed by atoms with Gasteiger partial charge < -0.3 is 21.5 Å². The maximum atomic E-state index is 12.5. The van der Waals surface area contributed by atoms with Gasteiger partial charge in [0.2, 0.25) is 0 Å². The lowest BCUT2D eigenvalue weighted by Gasteiger charge is -2.19. The molecule has 0 spiro atoms. The van der Waals surface area contributed by atoms with Crippen LogP contribution in [0.25, 0.3) is 11.3 Å². The van der Waals surface area contributed by atoms with Crippen LogP contribution in [0.2, 0.25) is 0 Å². The molecule has 0 fully saturated rings. The number of nitrogens with one attached hydrogen (secondary N) is 2. The summed E-state index contributed by atoms with van der Waals surface area (Å²) in [4.78, 5) is 12.5. The van der Waals surface area contributed by atoms with Crippen LogP contribution in [0.15, 0.2) is 78.9 Å². The predicted molar refractivity (Wildman–Crippen MR) is 123 cm³/mol. The van der Waals surface area contributed by atoms with Gasteiger partial charge in [0.1, 0.15) is 17.5 Å². The van der Waals surface area contributed by atoms with Gasteiger partial charge in [0.15, 0.2) is 0 Å². The Morgan fingerprint density at radius 3 is 2.50 bits per heavy atom. The van der Waals surface area contributed by atoms with Crippen LogP contribution in [-0.2, 0) is 0 Å². The monoisotopic (exact) mass is 425 g/mol. The highest BCUT2D eigenvalue weighted by Crippen LogP contribution is 2.37. The zero-order chi connectivity index (χ0) is 22.1. The minimum Gasteiger partial charge on any atom is -0.484 e. The summed E-state index contributed by atoms with van der Waals surface area (Å²) in [6.45, 7) is 0.322. The summed E-state index contributed by atoms with van der Waals surface area (Å²) in [6, 6.07) is 24.7. The van der Waals surface area contributed by atoms with E-state index in [2.05, 4.69) is 15.5 Å². The maximum absolute atomic E-state index is 12.5. The van der Waals surface area contributed by atoms with Gasteiger partial charge in [0.05, 0.1) is 11.7 Å². The Morgan fingerprint density at radius 1 is 1.00 bits per heavy atom. The lowest BCUT2D eigenvalue weighted by molar-refractivity contribution is 0.0955. The van der Waals surface area contributed by atoms with E-state index in [1.807, 2.05) is 78.9 Å². The lowest BCUT2D eigenvalue weighted by atomic mass is 9.97. The molecule has 5 rings (SSSR count). The summed E-state index contributed by atoms with van der Waals surface area (Å²) >= 11 is 0. The average Bonchev–Trinajstić information content (AvgIpc) is 3.40. The van der Waals surface area contributed by atoms with Crippen LogP contribution in [0.1, 0.15) is 39.3 Å². The zero-order valence-electron chi connectivity index (χ0n) is 17.3. The van der Waals surface area contributed by atoms with Crippen LogP contribution < -0.4 is 21.5 Å². The second-order valence-electron chi connectivity index (χ2n) is 7.71. The largest absolute Gasteiger partial charge is 0.484 e. The van der Waals surface area contributed by atoms with Crippen LogP contribution in [0, 0.1) is 0 Å². The highest BCUT2D eigenvalue weighted by Gasteiger charge is 2.35. The lowest BCUT2D eigenvalue weighted by Crippen LogP contribution is -2.21. The number of rotatable bonds is 6. The molecule has 160 valence electrons. The molecule has 1 aromatic heterocycles. The van der Waals surface area contributed by atoms with Crippen LogP contribution >= 0.6 is 0 Å². The van der Waals surface area contributed by atoms with Crippen LogP contribution in [-0.4, -0.2) is 22.6 Å². The van der Waals surface area contributed by atoms with Crippen molar-refractivity contribution in [3.05, 3.63) is 101 Å². The van der Waals surface area contributed by atoms with E-state index in [0.717, 1.165) is 27.9 Å². The van der Waals surface area contributed by atoms with E-state index < -0.39 is 0 Å². The Bertz CT molecular complexity index is 1250. The summed E-state index contributed by atoms with van der Waals surface area (Å²) in [5.41, 5.74) is 17.4. The fraction of sp³-hybridized carbons (Fsp3) is 0.120. The molecule has 4 aromatic rings. The summed E-state index contributed by atoms with van der Waals surface area (Å²) in [5.74, 6) is 0.525. The number of nitrogens with two attached hydrogens (primary N) is 2. The molecule has 2 atom stereocenters. The van der Waals surface area contributed by atoms with Crippen LogP contribution in [0.3, 0.4) is 0 Å². The molecule has 1 aliphatic rings. The molecule has 2 unspecified atom stereocenters. The molecule has 3 aromatic carbocycles. The van der Waals surface area contributed by atoms with Gasteiger partial charge in [0, 0.05) is 23.4 Å². The summed E-state index contributed by atoms with van der Waals surface area (Å²) < 4.78 is 6.10. The third-order valence-electron chi connectivity index (χ3n) is 5.63. The molecule has 0 saturated carbocycles. The second kappa shape index (κ2) is 8.20. The third-order valence-corrected chi connectivity index (χ3v) is 5.63. The van der Waals surface area contributed by atoms with Gasteiger partial charge in [-0.25, -0.2) is 0 Å². The fourth-order valence-corrected chi connectivity index (χ4v) is 4.06. The molecule has 1 aliphatic heterocycles. The number of aromatic nitrogens is 2. The first-order valence-electron chi connectivity index (χ1n) is 10.4. The third kappa shape index (κ3) is 3.59. The molecule has 7 nitrogen and oxygen atoms in total. The number of anilines is 1. The van der Waals surface area contributed by atoms with Crippen molar-refractivity contribution in [1.29, 1.82) is 0 Å². The fourth-order valence-electron chi connectivity index (χ4n) is 4.06. The van der Waals surface area contributed by atoms with E-state index in [9.17, 15) is 4.79 Å². The predicted octanol–water partition coefficient (Wildman–Crippen LogP) is 3.57. The molecule has 7 heteroatoms. The summed E-state index contributed by atoms with van der Waals surface area (Å²) in [6.07, 6.45) is -0.305. The molecule has 0 bridgehead atoms. The van der Waals surface area contributed by atoms with Crippen molar-refractivity contribution in [1.82, 2.24) is 15.5 Å². The molecular formula is C25H23N5O2. The van der Waals surface area contributed by atoms with Crippen molar-refractivity contribution < 1.29 is 9.53 Å². The van der Waals surface area contributed by atoms with Gasteiger partial charge in [-0.3, -0.25) is 9.89 Å². The number of H-pyrrole nitrogens is 1. The molecule has 6 N–H and O–H groups in total. The van der Waals surface area contributed by atoms with Gasteiger partial charge in [-0.05, 0) is 35.4 Å². The number of nitrogen functional groups attached to an aromatic ring is 1. The second-order valence-corrected chi connectivity index (χ2v) is 7.71. The summed E-state index contributed by atoms with van der Waals surface area (Å²) in [5, 5.41) is 10.3. The molecule has 0 radical (unpaired) electrons. The molecule has 0 aliphatic carbocycles. The van der Waals surface area contributed by atoms with Crippen LogP contribution in [0.4, 0.5) is 5.69 Å². The van der Waals surface area contributed by atoms with Gasteiger partial charge in [0.25, 0.3) is 5.91 Å². The van der Waals surface area contributed by atoms with E-state index >= 15 is 0 Å². The average molecular weight is 425 g/mol. The van der Waals surface area contributed by atoms with Crippen molar-refractivity contribution in [2.45, 2.75) is 12.1 Å². The maximum Gasteiger partial charge on any atom is 0.270 e. The number of amides is 1. The number of nitrogens with zero attached hydrogens (tertiary/aromatic N) is 1. The van der Waals surface area contributed by atoms with E-state index in [4.69, 9.17) is 16.2 Å². The van der Waals surface area contributed by atoms with Gasteiger partial charge >= 0.3 is 0 Å². The zero-order valence-corrected chi connectivity index (χ0v) is 17.3. The van der Waals surface area contributed by atoms with E-state index in [1.54, 1.807) is 0 Å². The van der Waals surface area contributed by atoms with Gasteiger partial charge in [-0.15, -0.1) is 0 Å². The highest BCUT2D eigenvalue weighted by atomic mass is 16.5. The normalized spacial score (nSPS) is 15.8. The van der Waals surface area contributed by atoms with Crippen molar-refractivity contribution >= 4 is 11.6 Å². The standard InChI is InChI=1S/C25H23N5O2/c26-14-20(17-7-4-8-18(27)13-17)32-19-11-9-16(10-12-19)22-21-23(15-5-2-1-3-6-15)29-30-24(21)25(31)28-22/h1-13,20,22H,14,26-27H2,(H,28,31)(H,29,30). The Hall–Kier alpha value is -4.10. The quantitative estimate of drug-likeness (QED) is 0.352. The van der Waals surface area contributed by atoms with Gasteiger partial charge in [-0.2, -0.15) is 5.10 Å². The minimum absolute atomic E-state index is 0.162.